The van der Waals surface area contributed by atoms with E-state index in [1.807, 2.05) is 26.1 Å². The zero-order valence-corrected chi connectivity index (χ0v) is 9.55. The molecule has 0 fully saturated rings. The van der Waals surface area contributed by atoms with E-state index in [9.17, 15) is 4.79 Å². The normalized spacial score (nSPS) is 10.0. The molecule has 1 rings (SSSR count). The molecule has 0 atom stereocenters. The molecule has 82 valence electrons. The highest BCUT2D eigenvalue weighted by molar-refractivity contribution is 5.77. The predicted octanol–water partition coefficient (Wildman–Crippen LogP) is 3.03. The average Bonchev–Trinajstić information content (AvgIpc) is 2.29. The molecule has 0 amide bonds. The van der Waals surface area contributed by atoms with Gasteiger partial charge in [-0.3, -0.25) is 4.79 Å². The van der Waals surface area contributed by atoms with E-state index in [0.717, 1.165) is 12.8 Å². The first kappa shape index (κ1) is 11.8. The summed E-state index contributed by atoms with van der Waals surface area (Å²) in [6.45, 7) is 1.92. The molecule has 0 heterocycles. The third-order valence-corrected chi connectivity index (χ3v) is 2.58. The zero-order valence-electron chi connectivity index (χ0n) is 9.55. The first-order valence-electron chi connectivity index (χ1n) is 5.55. The number of aryl methyl sites for hydroxylation is 1. The van der Waals surface area contributed by atoms with Crippen LogP contribution in [0, 0.1) is 0 Å². The number of hydrogen-bond donors (Lipinski definition) is 1. The van der Waals surface area contributed by atoms with Crippen LogP contribution in [0.25, 0.3) is 0 Å². The topological polar surface area (TPSA) is 29.1 Å². The summed E-state index contributed by atoms with van der Waals surface area (Å²) in [7, 11) is 1.93. The Balaban J connectivity index is 2.46. The summed E-state index contributed by atoms with van der Waals surface area (Å²) in [5.74, 6) is 0.358. The molecule has 2 heteroatoms. The molecule has 0 aliphatic heterocycles. The first-order valence-corrected chi connectivity index (χ1v) is 5.55. The highest BCUT2D eigenvalue weighted by Gasteiger charge is 2.02. The van der Waals surface area contributed by atoms with Crippen molar-refractivity contribution in [3.05, 3.63) is 29.8 Å². The maximum absolute atomic E-state index is 11.1. The molecule has 2 nitrogen and oxygen atoms in total. The minimum Gasteiger partial charge on any atom is -0.388 e. The smallest absolute Gasteiger partial charge is 0.132 e. The van der Waals surface area contributed by atoms with Gasteiger partial charge in [-0.25, -0.2) is 0 Å². The largest absolute Gasteiger partial charge is 0.388 e. The summed E-state index contributed by atoms with van der Waals surface area (Å²) in [5.41, 5.74) is 2.46. The summed E-state index contributed by atoms with van der Waals surface area (Å²) < 4.78 is 0. The predicted molar refractivity (Wildman–Crippen MR) is 64.2 cm³/mol. The fraction of sp³-hybridized carbons (Fsp3) is 0.462. The van der Waals surface area contributed by atoms with Crippen LogP contribution in [0.1, 0.15) is 31.7 Å². The molecule has 0 aromatic heterocycles. The Morgan fingerprint density at radius 1 is 1.33 bits per heavy atom. The molecule has 0 spiro atoms. The molecule has 1 N–H and O–H groups in total. The van der Waals surface area contributed by atoms with Crippen LogP contribution in [0.15, 0.2) is 24.3 Å². The Labute approximate surface area is 91.7 Å². The van der Waals surface area contributed by atoms with Gasteiger partial charge in [0, 0.05) is 25.6 Å². The molecular formula is C13H19NO. The van der Waals surface area contributed by atoms with Crippen LogP contribution < -0.4 is 5.32 Å². The number of ketones is 1. The first-order chi connectivity index (χ1) is 7.27. The Kier molecular flexibility index (Phi) is 4.88. The molecule has 0 saturated heterocycles. The lowest BCUT2D eigenvalue weighted by Gasteiger charge is -2.07. The van der Waals surface area contributed by atoms with Gasteiger partial charge >= 0.3 is 0 Å². The van der Waals surface area contributed by atoms with Gasteiger partial charge in [0.05, 0.1) is 0 Å². The van der Waals surface area contributed by atoms with Gasteiger partial charge in [0.15, 0.2) is 0 Å². The van der Waals surface area contributed by atoms with Gasteiger partial charge in [-0.15, -0.1) is 0 Å². The number of benzene rings is 1. The van der Waals surface area contributed by atoms with Crippen molar-refractivity contribution in [3.63, 3.8) is 0 Å². The van der Waals surface area contributed by atoms with Crippen molar-refractivity contribution in [2.75, 3.05) is 12.4 Å². The molecule has 0 radical (unpaired) electrons. The second-order valence-electron chi connectivity index (χ2n) is 3.65. The van der Waals surface area contributed by atoms with E-state index in [1.54, 1.807) is 0 Å². The summed E-state index contributed by atoms with van der Waals surface area (Å²) in [6, 6.07) is 8.24. The van der Waals surface area contributed by atoms with E-state index < -0.39 is 0 Å². The van der Waals surface area contributed by atoms with Crippen LogP contribution >= 0.6 is 0 Å². The van der Waals surface area contributed by atoms with Gasteiger partial charge in [0.1, 0.15) is 5.78 Å². The molecule has 1 aromatic rings. The lowest BCUT2D eigenvalue weighted by atomic mass is 10.0. The van der Waals surface area contributed by atoms with Gasteiger partial charge in [-0.2, -0.15) is 0 Å². The van der Waals surface area contributed by atoms with Crippen LogP contribution in [0.5, 0.6) is 0 Å². The summed E-state index contributed by atoms with van der Waals surface area (Å²) in [5, 5.41) is 3.16. The lowest BCUT2D eigenvalue weighted by molar-refractivity contribution is -0.118. The molecule has 1 aromatic carbocycles. The van der Waals surface area contributed by atoms with Gasteiger partial charge in [0.2, 0.25) is 0 Å². The minimum absolute atomic E-state index is 0.358. The van der Waals surface area contributed by atoms with E-state index in [4.69, 9.17) is 0 Å². The van der Waals surface area contributed by atoms with Gasteiger partial charge in [-0.05, 0) is 24.5 Å². The summed E-state index contributed by atoms with van der Waals surface area (Å²) >= 11 is 0. The van der Waals surface area contributed by atoms with Crippen molar-refractivity contribution >= 4 is 11.5 Å². The molecule has 15 heavy (non-hydrogen) atoms. The van der Waals surface area contributed by atoms with Crippen LogP contribution in [0.3, 0.4) is 0 Å². The van der Waals surface area contributed by atoms with Crippen molar-refractivity contribution < 1.29 is 4.79 Å². The molecule has 0 aliphatic rings. The SMILES string of the molecule is CCC(=O)CCCc1ccccc1NC. The Bertz CT molecular complexity index is 320. The van der Waals surface area contributed by atoms with Crippen molar-refractivity contribution in [2.45, 2.75) is 32.6 Å². The number of anilines is 1. The molecule has 0 bridgehead atoms. The highest BCUT2D eigenvalue weighted by Crippen LogP contribution is 2.16. The lowest BCUT2D eigenvalue weighted by Crippen LogP contribution is -1.99. The van der Waals surface area contributed by atoms with Crippen molar-refractivity contribution in [1.82, 2.24) is 0 Å². The van der Waals surface area contributed by atoms with Crippen molar-refractivity contribution in [2.24, 2.45) is 0 Å². The maximum Gasteiger partial charge on any atom is 0.132 e. The van der Waals surface area contributed by atoms with Gasteiger partial charge in [0.25, 0.3) is 0 Å². The van der Waals surface area contributed by atoms with E-state index in [0.29, 0.717) is 18.6 Å². The van der Waals surface area contributed by atoms with E-state index in [2.05, 4.69) is 17.4 Å². The third-order valence-electron chi connectivity index (χ3n) is 2.58. The maximum atomic E-state index is 11.1. The Hall–Kier alpha value is -1.31. The fourth-order valence-electron chi connectivity index (χ4n) is 1.63. The number of hydrogen-bond acceptors (Lipinski definition) is 2. The average molecular weight is 205 g/mol. The molecule has 0 saturated carbocycles. The zero-order chi connectivity index (χ0) is 11.1. The molecule has 0 unspecified atom stereocenters. The quantitative estimate of drug-likeness (QED) is 0.773. The van der Waals surface area contributed by atoms with Crippen molar-refractivity contribution in [3.8, 4) is 0 Å². The minimum atomic E-state index is 0.358. The van der Waals surface area contributed by atoms with Crippen LogP contribution in [0.4, 0.5) is 5.69 Å². The van der Waals surface area contributed by atoms with Gasteiger partial charge in [-0.1, -0.05) is 25.1 Å². The monoisotopic (exact) mass is 205 g/mol. The standard InChI is InChI=1S/C13H19NO/c1-3-12(15)9-6-8-11-7-4-5-10-13(11)14-2/h4-5,7,10,14H,3,6,8-9H2,1-2H3. The van der Waals surface area contributed by atoms with Crippen LogP contribution in [-0.2, 0) is 11.2 Å². The number of nitrogens with one attached hydrogen (secondary N) is 1. The van der Waals surface area contributed by atoms with E-state index >= 15 is 0 Å². The van der Waals surface area contributed by atoms with E-state index in [-0.39, 0.29) is 0 Å². The fourth-order valence-corrected chi connectivity index (χ4v) is 1.63. The summed E-state index contributed by atoms with van der Waals surface area (Å²) in [4.78, 5) is 11.1. The highest BCUT2D eigenvalue weighted by atomic mass is 16.1. The van der Waals surface area contributed by atoms with Crippen molar-refractivity contribution in [1.29, 1.82) is 0 Å². The third kappa shape index (κ3) is 3.74. The second-order valence-corrected chi connectivity index (χ2v) is 3.65. The number of Topliss-reactive ketones (excluding diaryl/α,β-unsaturated/α-hetero) is 1. The number of carbonyl (C=O) groups is 1. The number of rotatable bonds is 6. The number of para-hydroxylation sites is 1. The number of carbonyl (C=O) groups excluding carboxylic acids is 1. The Morgan fingerprint density at radius 2 is 2.07 bits per heavy atom. The van der Waals surface area contributed by atoms with Gasteiger partial charge < -0.3 is 5.32 Å². The second kappa shape index (κ2) is 6.23. The van der Waals surface area contributed by atoms with E-state index in [1.165, 1.54) is 11.3 Å². The summed E-state index contributed by atoms with van der Waals surface area (Å²) in [6.07, 6.45) is 3.29. The van der Waals surface area contributed by atoms with Crippen LogP contribution in [-0.4, -0.2) is 12.8 Å². The molecule has 0 aliphatic carbocycles. The molecular weight excluding hydrogens is 186 g/mol. The Morgan fingerprint density at radius 3 is 2.73 bits per heavy atom. The van der Waals surface area contributed by atoms with Crippen LogP contribution in [0.2, 0.25) is 0 Å².